The van der Waals surface area contributed by atoms with Crippen LogP contribution in [-0.4, -0.2) is 74.4 Å². The second-order valence-electron chi connectivity index (χ2n) is 7.62. The molecule has 5 rings (SSSR count). The van der Waals surface area contributed by atoms with Crippen molar-refractivity contribution in [3.63, 3.8) is 0 Å². The summed E-state index contributed by atoms with van der Waals surface area (Å²) in [5.74, 6) is -0.258. The van der Waals surface area contributed by atoms with Gasteiger partial charge < -0.3 is 9.88 Å². The first kappa shape index (κ1) is 21.2. The molecular weight excluding hydrogens is 449 g/mol. The van der Waals surface area contributed by atoms with Crippen molar-refractivity contribution in [3.8, 4) is 5.69 Å². The van der Waals surface area contributed by atoms with E-state index in [1.807, 2.05) is 0 Å². The zero-order valence-electron chi connectivity index (χ0n) is 17.6. The van der Waals surface area contributed by atoms with Crippen LogP contribution >= 0.6 is 0 Å². The van der Waals surface area contributed by atoms with Gasteiger partial charge in [0.15, 0.2) is 0 Å². The quantitative estimate of drug-likeness (QED) is 0.487. The molecule has 4 aromatic rings. The van der Waals surface area contributed by atoms with Gasteiger partial charge in [0.25, 0.3) is 5.91 Å². The molecule has 0 spiro atoms. The van der Waals surface area contributed by atoms with Crippen LogP contribution in [0.15, 0.2) is 53.7 Å². The van der Waals surface area contributed by atoms with Crippen molar-refractivity contribution in [2.75, 3.05) is 26.2 Å². The van der Waals surface area contributed by atoms with E-state index in [2.05, 4.69) is 20.1 Å². The van der Waals surface area contributed by atoms with Crippen LogP contribution in [0.2, 0.25) is 0 Å². The van der Waals surface area contributed by atoms with Gasteiger partial charge in [-0.3, -0.25) is 4.79 Å². The van der Waals surface area contributed by atoms with Gasteiger partial charge in [-0.15, -0.1) is 5.10 Å². The number of nitrogens with zero attached hydrogens (tertiary/aromatic N) is 6. The van der Waals surface area contributed by atoms with E-state index in [0.29, 0.717) is 22.5 Å². The first-order valence-electron chi connectivity index (χ1n) is 10.3. The number of rotatable bonds is 4. The van der Waals surface area contributed by atoms with Gasteiger partial charge in [-0.05, 0) is 43.3 Å². The lowest BCUT2D eigenvalue weighted by Crippen LogP contribution is -2.50. The Bertz CT molecular complexity index is 1440. The molecule has 33 heavy (non-hydrogen) atoms. The van der Waals surface area contributed by atoms with E-state index in [1.54, 1.807) is 37.4 Å². The number of aromatic amines is 1. The molecule has 1 aliphatic heterocycles. The summed E-state index contributed by atoms with van der Waals surface area (Å²) in [5.41, 5.74) is 1.09. The highest BCUT2D eigenvalue weighted by molar-refractivity contribution is 7.89. The van der Waals surface area contributed by atoms with Crippen LogP contribution in [0.25, 0.3) is 16.7 Å². The number of carbonyl (C=O) groups excluding carboxylic acids is 1. The largest absolute Gasteiger partial charge is 0.345 e. The Hall–Kier alpha value is -3.64. The lowest BCUT2D eigenvalue weighted by molar-refractivity contribution is 0.0685. The minimum atomic E-state index is -3.74. The summed E-state index contributed by atoms with van der Waals surface area (Å²) in [7, 11) is -3.74. The van der Waals surface area contributed by atoms with Crippen molar-refractivity contribution < 1.29 is 17.6 Å². The molecule has 10 nitrogen and oxygen atoms in total. The molecular formula is C21H20FN7O3S. The average molecular weight is 470 g/mol. The number of sulfonamides is 1. The van der Waals surface area contributed by atoms with E-state index in [4.69, 9.17) is 0 Å². The zero-order chi connectivity index (χ0) is 23.2. The molecule has 0 aliphatic carbocycles. The maximum Gasteiger partial charge on any atom is 0.293 e. The Balaban J connectivity index is 1.31. The molecule has 1 saturated heterocycles. The Morgan fingerprint density at radius 1 is 1.09 bits per heavy atom. The summed E-state index contributed by atoms with van der Waals surface area (Å²) < 4.78 is 42.4. The maximum absolute atomic E-state index is 13.2. The number of amides is 1. The third kappa shape index (κ3) is 3.76. The number of hydrogen-bond acceptors (Lipinski definition) is 6. The Kier molecular flexibility index (Phi) is 5.17. The molecule has 12 heteroatoms. The van der Waals surface area contributed by atoms with E-state index < -0.39 is 10.0 Å². The highest BCUT2D eigenvalue weighted by atomic mass is 32.2. The number of fused-ring (bicyclic) bond motifs is 1. The molecule has 4 heterocycles. The smallest absolute Gasteiger partial charge is 0.293 e. The molecule has 1 fully saturated rings. The zero-order valence-corrected chi connectivity index (χ0v) is 18.5. The summed E-state index contributed by atoms with van der Waals surface area (Å²) in [6.07, 6.45) is 3.03. The average Bonchev–Trinajstić information content (AvgIpc) is 3.43. The summed E-state index contributed by atoms with van der Waals surface area (Å²) in [6.45, 7) is 2.43. The van der Waals surface area contributed by atoms with Crippen LogP contribution < -0.4 is 0 Å². The van der Waals surface area contributed by atoms with Gasteiger partial charge in [-0.2, -0.15) is 4.31 Å². The first-order chi connectivity index (χ1) is 15.8. The topological polar surface area (TPSA) is 117 Å². The summed E-state index contributed by atoms with van der Waals surface area (Å²) in [6, 6.07) is 9.11. The number of halogens is 1. The van der Waals surface area contributed by atoms with E-state index in [9.17, 15) is 17.6 Å². The van der Waals surface area contributed by atoms with Crippen LogP contribution in [0.4, 0.5) is 4.39 Å². The van der Waals surface area contributed by atoms with Crippen molar-refractivity contribution in [1.29, 1.82) is 0 Å². The van der Waals surface area contributed by atoms with Gasteiger partial charge >= 0.3 is 0 Å². The lowest BCUT2D eigenvalue weighted by Gasteiger charge is -2.33. The third-order valence-electron chi connectivity index (χ3n) is 5.59. The predicted octanol–water partition coefficient (Wildman–Crippen LogP) is 1.74. The second kappa shape index (κ2) is 8.05. The summed E-state index contributed by atoms with van der Waals surface area (Å²) in [4.78, 5) is 25.9. The standard InChI is InChI=1S/C21H20FN7O3S/c1-14-25-20(26-29(14)16-6-4-15(22)5-7-16)21(30)27-9-11-28(12-10-27)33(31,32)18-13-24-19-17(18)3-2-8-23-19/h2-8,13H,9-12H2,1H3,(H,23,24). The fourth-order valence-electron chi connectivity index (χ4n) is 3.86. The molecule has 3 aromatic heterocycles. The Morgan fingerprint density at radius 2 is 1.82 bits per heavy atom. The van der Waals surface area contributed by atoms with Crippen molar-refractivity contribution >= 4 is 27.0 Å². The first-order valence-corrected chi connectivity index (χ1v) is 11.7. The number of H-pyrrole nitrogens is 1. The van der Waals surface area contributed by atoms with Crippen LogP contribution in [0, 0.1) is 12.7 Å². The molecule has 0 bridgehead atoms. The second-order valence-corrected chi connectivity index (χ2v) is 9.53. The number of carbonyl (C=O) groups is 1. The number of pyridine rings is 1. The number of nitrogens with one attached hydrogen (secondary N) is 1. The fourth-order valence-corrected chi connectivity index (χ4v) is 5.44. The minimum absolute atomic E-state index is 0.0100. The molecule has 1 N–H and O–H groups in total. The number of aryl methyl sites for hydroxylation is 1. The predicted molar refractivity (Wildman–Crippen MR) is 117 cm³/mol. The molecule has 1 aliphatic rings. The SMILES string of the molecule is Cc1nc(C(=O)N2CCN(S(=O)(=O)c3c[nH]c4ncccc34)CC2)nn1-c1ccc(F)cc1. The number of benzene rings is 1. The van der Waals surface area contributed by atoms with E-state index in [-0.39, 0.29) is 48.6 Å². The van der Waals surface area contributed by atoms with E-state index >= 15 is 0 Å². The van der Waals surface area contributed by atoms with Crippen molar-refractivity contribution in [2.24, 2.45) is 0 Å². The Morgan fingerprint density at radius 3 is 2.55 bits per heavy atom. The van der Waals surface area contributed by atoms with Crippen molar-refractivity contribution in [1.82, 2.24) is 33.9 Å². The van der Waals surface area contributed by atoms with Crippen LogP contribution in [-0.2, 0) is 10.0 Å². The van der Waals surface area contributed by atoms with Gasteiger partial charge in [0.05, 0.1) is 5.69 Å². The fraction of sp³-hybridized carbons (Fsp3) is 0.238. The van der Waals surface area contributed by atoms with E-state index in [0.717, 1.165) is 0 Å². The van der Waals surface area contributed by atoms with Gasteiger partial charge in [-0.1, -0.05) is 0 Å². The minimum Gasteiger partial charge on any atom is -0.345 e. The van der Waals surface area contributed by atoms with Gasteiger partial charge in [0, 0.05) is 44.0 Å². The summed E-state index contributed by atoms with van der Waals surface area (Å²) in [5, 5.41) is 4.81. The van der Waals surface area contributed by atoms with Gasteiger partial charge in [-0.25, -0.2) is 27.5 Å². The van der Waals surface area contributed by atoms with Crippen molar-refractivity contribution in [2.45, 2.75) is 11.8 Å². The normalized spacial score (nSPS) is 15.3. The molecule has 0 atom stereocenters. The monoisotopic (exact) mass is 469 g/mol. The highest BCUT2D eigenvalue weighted by Crippen LogP contribution is 2.25. The number of piperazine rings is 1. The van der Waals surface area contributed by atoms with Crippen LogP contribution in [0.3, 0.4) is 0 Å². The van der Waals surface area contributed by atoms with Gasteiger partial charge in [0.2, 0.25) is 15.8 Å². The molecule has 0 saturated carbocycles. The third-order valence-corrected chi connectivity index (χ3v) is 7.53. The molecule has 1 aromatic carbocycles. The van der Waals surface area contributed by atoms with Crippen molar-refractivity contribution in [3.05, 3.63) is 66.3 Å². The maximum atomic E-state index is 13.2. The highest BCUT2D eigenvalue weighted by Gasteiger charge is 2.33. The Labute approximate surface area is 188 Å². The number of aromatic nitrogens is 5. The molecule has 0 unspecified atom stereocenters. The van der Waals surface area contributed by atoms with Gasteiger partial charge in [0.1, 0.15) is 22.2 Å². The van der Waals surface area contributed by atoms with Crippen LogP contribution in [0.1, 0.15) is 16.4 Å². The number of hydrogen-bond donors (Lipinski definition) is 1. The molecule has 170 valence electrons. The summed E-state index contributed by atoms with van der Waals surface area (Å²) >= 11 is 0. The molecule has 1 amide bonds. The van der Waals surface area contributed by atoms with Crippen LogP contribution in [0.5, 0.6) is 0 Å². The lowest BCUT2D eigenvalue weighted by atomic mass is 10.3. The molecule has 0 radical (unpaired) electrons. The van der Waals surface area contributed by atoms with E-state index in [1.165, 1.54) is 32.2 Å².